The Kier molecular flexibility index (Phi) is 6.06. The normalized spacial score (nSPS) is 19.6. The number of halogens is 5. The van der Waals surface area contributed by atoms with Crippen molar-refractivity contribution in [2.75, 3.05) is 24.6 Å². The first-order valence-electron chi connectivity index (χ1n) is 12.2. The maximum Gasteiger partial charge on any atom is 0.392 e. The van der Waals surface area contributed by atoms with E-state index in [2.05, 4.69) is 19.9 Å². The van der Waals surface area contributed by atoms with Crippen molar-refractivity contribution in [2.24, 2.45) is 11.8 Å². The van der Waals surface area contributed by atoms with Gasteiger partial charge in [0, 0.05) is 35.3 Å². The summed E-state index contributed by atoms with van der Waals surface area (Å²) in [5.41, 5.74) is 0.507. The van der Waals surface area contributed by atoms with E-state index in [9.17, 15) is 13.2 Å². The molecule has 2 aromatic carbocycles. The van der Waals surface area contributed by atoms with Crippen molar-refractivity contribution >= 4 is 39.1 Å². The first kappa shape index (κ1) is 24.2. The van der Waals surface area contributed by atoms with E-state index in [1.165, 1.54) is 6.20 Å². The molecule has 4 aromatic rings. The van der Waals surface area contributed by atoms with Crippen molar-refractivity contribution in [1.29, 1.82) is 0 Å². The van der Waals surface area contributed by atoms with E-state index in [1.807, 2.05) is 18.2 Å². The molecule has 2 aromatic heterocycles. The molecule has 2 atom stereocenters. The fourth-order valence-corrected chi connectivity index (χ4v) is 5.93. The van der Waals surface area contributed by atoms with Crippen LogP contribution >= 0.6 is 11.6 Å². The van der Waals surface area contributed by atoms with Gasteiger partial charge < -0.3 is 9.64 Å². The van der Waals surface area contributed by atoms with E-state index in [0.29, 0.717) is 39.0 Å². The predicted molar refractivity (Wildman–Crippen MR) is 134 cm³/mol. The standard InChI is InChI=1S/C27H23ClF4N4O/c28-20-6-2-4-17-3-1-5-18(21(17)20)23-22(29)24-19(12-33-23)25(36-13-15-7-8-16(11-15)14-36)35-26(34-24)37-10-9-27(30,31)32/h1-6,12,15-16H,7-11,13-14H2. The van der Waals surface area contributed by atoms with Gasteiger partial charge in [-0.3, -0.25) is 4.98 Å². The fourth-order valence-electron chi connectivity index (χ4n) is 5.65. The van der Waals surface area contributed by atoms with E-state index in [4.69, 9.17) is 16.3 Å². The van der Waals surface area contributed by atoms with Crippen molar-refractivity contribution < 1.29 is 22.3 Å². The van der Waals surface area contributed by atoms with Crippen molar-refractivity contribution in [3.8, 4) is 17.3 Å². The van der Waals surface area contributed by atoms with Crippen LogP contribution in [0.4, 0.5) is 23.4 Å². The fraction of sp³-hybridized carbons (Fsp3) is 0.370. The second-order valence-electron chi connectivity index (χ2n) is 9.82. The summed E-state index contributed by atoms with van der Waals surface area (Å²) in [6.07, 6.45) is -0.616. The van der Waals surface area contributed by atoms with Gasteiger partial charge in [0.2, 0.25) is 0 Å². The number of ether oxygens (including phenoxy) is 1. The quantitative estimate of drug-likeness (QED) is 0.255. The van der Waals surface area contributed by atoms with E-state index >= 15 is 4.39 Å². The summed E-state index contributed by atoms with van der Waals surface area (Å²) in [6.45, 7) is 0.831. The molecule has 10 heteroatoms. The lowest BCUT2D eigenvalue weighted by molar-refractivity contribution is -0.139. The van der Waals surface area contributed by atoms with Crippen LogP contribution in [0.2, 0.25) is 5.02 Å². The minimum atomic E-state index is -4.39. The molecule has 2 unspecified atom stereocenters. The second-order valence-corrected chi connectivity index (χ2v) is 10.2. The third kappa shape index (κ3) is 4.65. The van der Waals surface area contributed by atoms with Crippen LogP contribution in [-0.2, 0) is 0 Å². The van der Waals surface area contributed by atoms with Gasteiger partial charge >= 0.3 is 12.2 Å². The zero-order valence-electron chi connectivity index (χ0n) is 19.7. The number of hydrogen-bond acceptors (Lipinski definition) is 5. The van der Waals surface area contributed by atoms with E-state index in [-0.39, 0.29) is 17.2 Å². The zero-order valence-corrected chi connectivity index (χ0v) is 20.5. The molecule has 1 saturated heterocycles. The molecule has 0 spiro atoms. The molecule has 1 saturated carbocycles. The zero-order chi connectivity index (χ0) is 25.7. The molecule has 2 fully saturated rings. The number of fused-ring (bicyclic) bond motifs is 4. The molecule has 1 aliphatic carbocycles. The lowest BCUT2D eigenvalue weighted by Crippen LogP contribution is -2.37. The third-order valence-corrected chi connectivity index (χ3v) is 7.59. The molecule has 2 bridgehead atoms. The molecule has 37 heavy (non-hydrogen) atoms. The number of rotatable bonds is 5. The molecular weight excluding hydrogens is 508 g/mol. The summed E-state index contributed by atoms with van der Waals surface area (Å²) in [5, 5.41) is 2.34. The van der Waals surface area contributed by atoms with Crippen LogP contribution in [0, 0.1) is 17.7 Å². The van der Waals surface area contributed by atoms with Gasteiger partial charge in [-0.15, -0.1) is 0 Å². The molecule has 192 valence electrons. The average molecular weight is 531 g/mol. The summed E-state index contributed by atoms with van der Waals surface area (Å²) >= 11 is 6.47. The minimum absolute atomic E-state index is 0.0426. The number of aromatic nitrogens is 3. The number of alkyl halides is 3. The third-order valence-electron chi connectivity index (χ3n) is 7.28. The highest BCUT2D eigenvalue weighted by Crippen LogP contribution is 2.41. The Bertz CT molecular complexity index is 1480. The van der Waals surface area contributed by atoms with Crippen LogP contribution in [0.15, 0.2) is 42.6 Å². The summed E-state index contributed by atoms with van der Waals surface area (Å²) < 4.78 is 59.7. The number of nitrogens with zero attached hydrogens (tertiary/aromatic N) is 4. The topological polar surface area (TPSA) is 51.1 Å². The lowest BCUT2D eigenvalue weighted by atomic mass is 9.98. The van der Waals surface area contributed by atoms with E-state index in [1.54, 1.807) is 18.2 Å². The highest BCUT2D eigenvalue weighted by molar-refractivity contribution is 6.36. The average Bonchev–Trinajstić information content (AvgIpc) is 3.20. The minimum Gasteiger partial charge on any atom is -0.463 e. The van der Waals surface area contributed by atoms with E-state index < -0.39 is 25.0 Å². The summed E-state index contributed by atoms with van der Waals surface area (Å²) in [7, 11) is 0. The Hall–Kier alpha value is -3.20. The Balaban J connectivity index is 1.49. The molecule has 0 radical (unpaired) electrons. The number of hydrogen-bond donors (Lipinski definition) is 0. The van der Waals surface area contributed by atoms with Crippen molar-refractivity contribution in [2.45, 2.75) is 31.9 Å². The first-order valence-corrected chi connectivity index (χ1v) is 12.6. The maximum atomic E-state index is 16.2. The smallest absolute Gasteiger partial charge is 0.392 e. The Morgan fingerprint density at radius 3 is 2.49 bits per heavy atom. The summed E-state index contributed by atoms with van der Waals surface area (Å²) in [6, 6.07) is 10.5. The largest absolute Gasteiger partial charge is 0.463 e. The van der Waals surface area contributed by atoms with Gasteiger partial charge in [-0.05, 0) is 42.6 Å². The van der Waals surface area contributed by atoms with Crippen LogP contribution in [0.1, 0.15) is 25.7 Å². The second kappa shape index (κ2) is 9.28. The summed E-state index contributed by atoms with van der Waals surface area (Å²) in [4.78, 5) is 15.2. The van der Waals surface area contributed by atoms with Crippen molar-refractivity contribution in [1.82, 2.24) is 15.0 Å². The molecule has 0 amide bonds. The highest BCUT2D eigenvalue weighted by Gasteiger charge is 2.35. The summed E-state index contributed by atoms with van der Waals surface area (Å²) in [5.74, 6) is 0.758. The van der Waals surface area contributed by atoms with Crippen molar-refractivity contribution in [3.63, 3.8) is 0 Å². The molecule has 6 rings (SSSR count). The monoisotopic (exact) mass is 530 g/mol. The molecular formula is C27H23ClF4N4O. The van der Waals surface area contributed by atoms with Crippen molar-refractivity contribution in [3.05, 3.63) is 53.4 Å². The number of pyridine rings is 1. The van der Waals surface area contributed by atoms with Crippen LogP contribution in [0.5, 0.6) is 6.01 Å². The molecule has 1 aliphatic heterocycles. The molecule has 0 N–H and O–H groups in total. The Morgan fingerprint density at radius 1 is 1.03 bits per heavy atom. The highest BCUT2D eigenvalue weighted by atomic mass is 35.5. The lowest BCUT2D eigenvalue weighted by Gasteiger charge is -2.33. The number of anilines is 1. The number of benzene rings is 2. The Labute approximate surface area is 215 Å². The first-order chi connectivity index (χ1) is 17.8. The van der Waals surface area contributed by atoms with Gasteiger partial charge in [0.25, 0.3) is 0 Å². The van der Waals surface area contributed by atoms with Crippen LogP contribution in [0.3, 0.4) is 0 Å². The molecule has 5 nitrogen and oxygen atoms in total. The van der Waals surface area contributed by atoms with Gasteiger partial charge in [-0.2, -0.15) is 23.1 Å². The van der Waals surface area contributed by atoms with Gasteiger partial charge in [0.15, 0.2) is 5.82 Å². The van der Waals surface area contributed by atoms with Crippen LogP contribution in [0.25, 0.3) is 32.9 Å². The van der Waals surface area contributed by atoms with E-state index in [0.717, 1.165) is 37.7 Å². The maximum absolute atomic E-state index is 16.2. The molecule has 2 aliphatic rings. The van der Waals surface area contributed by atoms with Crippen LogP contribution in [-0.4, -0.2) is 40.8 Å². The SMILES string of the molecule is Fc1c(-c2cccc3cccc(Cl)c23)ncc2c(N3CC4CCC(C4)C3)nc(OCCC(F)(F)F)nc12. The van der Waals surface area contributed by atoms with Gasteiger partial charge in [-0.1, -0.05) is 41.9 Å². The number of piperidine rings is 1. The van der Waals surface area contributed by atoms with Crippen LogP contribution < -0.4 is 9.64 Å². The van der Waals surface area contributed by atoms with Gasteiger partial charge in [0.1, 0.15) is 23.6 Å². The molecule has 3 heterocycles. The predicted octanol–water partition coefficient (Wildman–Crippen LogP) is 7.21. The Morgan fingerprint density at radius 2 is 1.76 bits per heavy atom. The van der Waals surface area contributed by atoms with Gasteiger partial charge in [-0.25, -0.2) is 4.39 Å². The van der Waals surface area contributed by atoms with Gasteiger partial charge in [0.05, 0.1) is 11.8 Å².